The van der Waals surface area contributed by atoms with Gasteiger partial charge in [0.15, 0.2) is 0 Å². The van der Waals surface area contributed by atoms with Gasteiger partial charge in [-0.05, 0) is 74.0 Å². The summed E-state index contributed by atoms with van der Waals surface area (Å²) < 4.78 is 32.9. The average Bonchev–Trinajstić information content (AvgIpc) is 3.11. The Morgan fingerprint density at radius 2 is 1.79 bits per heavy atom. The van der Waals surface area contributed by atoms with E-state index < -0.39 is 10.0 Å². The number of piperidine rings is 1. The molecule has 1 aromatic heterocycles. The summed E-state index contributed by atoms with van der Waals surface area (Å²) in [6.07, 6.45) is 1.64. The predicted octanol–water partition coefficient (Wildman–Crippen LogP) is 4.36. The van der Waals surface area contributed by atoms with Crippen molar-refractivity contribution in [3.05, 3.63) is 59.3 Å². The standard InChI is InChI=1S/C22H26N2O3S/c1-15-4-6-20-18(12-15)14-21(23-20)17-8-10-24(11-9-17)28(25,26)19-5-7-22(27-3)16(2)13-19/h4-7,12-14,17,23H,8-11H2,1-3H3. The number of hydrogen-bond donors (Lipinski definition) is 1. The molecule has 1 N–H and O–H groups in total. The number of benzene rings is 2. The molecule has 0 radical (unpaired) electrons. The van der Waals surface area contributed by atoms with Gasteiger partial charge in [0.25, 0.3) is 0 Å². The van der Waals surface area contributed by atoms with Crippen molar-refractivity contribution >= 4 is 20.9 Å². The molecular formula is C22H26N2O3S. The van der Waals surface area contributed by atoms with Crippen LogP contribution in [0.25, 0.3) is 10.9 Å². The maximum atomic E-state index is 13.0. The Hall–Kier alpha value is -2.31. The highest BCUT2D eigenvalue weighted by Crippen LogP contribution is 2.33. The van der Waals surface area contributed by atoms with E-state index in [1.165, 1.54) is 16.6 Å². The van der Waals surface area contributed by atoms with Crippen LogP contribution >= 0.6 is 0 Å². The summed E-state index contributed by atoms with van der Waals surface area (Å²) in [7, 11) is -1.89. The first-order valence-electron chi connectivity index (χ1n) is 9.62. The Kier molecular flexibility index (Phi) is 4.93. The van der Waals surface area contributed by atoms with Crippen LogP contribution in [0.2, 0.25) is 0 Å². The maximum absolute atomic E-state index is 13.0. The molecule has 0 unspecified atom stereocenters. The molecule has 0 aliphatic carbocycles. The summed E-state index contributed by atoms with van der Waals surface area (Å²) in [6, 6.07) is 13.7. The third-order valence-corrected chi connectivity index (χ3v) is 7.59. The molecule has 2 heterocycles. The SMILES string of the molecule is COc1ccc(S(=O)(=O)N2CCC(c3cc4cc(C)ccc4[nH]3)CC2)cc1C. The number of H-pyrrole nitrogens is 1. The predicted molar refractivity (Wildman–Crippen MR) is 112 cm³/mol. The van der Waals surface area contributed by atoms with E-state index in [2.05, 4.69) is 36.2 Å². The molecule has 148 valence electrons. The Morgan fingerprint density at radius 3 is 2.46 bits per heavy atom. The van der Waals surface area contributed by atoms with Crippen LogP contribution in [0.3, 0.4) is 0 Å². The number of ether oxygens (including phenoxy) is 1. The molecule has 1 saturated heterocycles. The lowest BCUT2D eigenvalue weighted by atomic mass is 9.95. The lowest BCUT2D eigenvalue weighted by Gasteiger charge is -2.31. The van der Waals surface area contributed by atoms with Gasteiger partial charge in [-0.25, -0.2) is 8.42 Å². The van der Waals surface area contributed by atoms with Crippen LogP contribution in [0.15, 0.2) is 47.4 Å². The molecule has 4 rings (SSSR count). The number of rotatable bonds is 4. The van der Waals surface area contributed by atoms with Gasteiger partial charge >= 0.3 is 0 Å². The van der Waals surface area contributed by atoms with Crippen molar-refractivity contribution in [2.45, 2.75) is 37.5 Å². The summed E-state index contributed by atoms with van der Waals surface area (Å²) in [5.41, 5.74) is 4.42. The van der Waals surface area contributed by atoms with Crippen LogP contribution < -0.4 is 4.74 Å². The Bertz CT molecular complexity index is 1110. The number of fused-ring (bicyclic) bond motifs is 1. The maximum Gasteiger partial charge on any atom is 0.243 e. The first kappa shape index (κ1) is 19.0. The van der Waals surface area contributed by atoms with Crippen LogP contribution in [0, 0.1) is 13.8 Å². The summed E-state index contributed by atoms with van der Waals surface area (Å²) >= 11 is 0. The van der Waals surface area contributed by atoms with Crippen molar-refractivity contribution in [3.63, 3.8) is 0 Å². The zero-order valence-corrected chi connectivity index (χ0v) is 17.3. The minimum absolute atomic E-state index is 0.338. The van der Waals surface area contributed by atoms with E-state index in [1.807, 2.05) is 6.92 Å². The van der Waals surface area contributed by atoms with E-state index in [0.717, 1.165) is 23.9 Å². The van der Waals surface area contributed by atoms with Gasteiger partial charge in [0, 0.05) is 30.2 Å². The third-order valence-electron chi connectivity index (χ3n) is 5.69. The van der Waals surface area contributed by atoms with Gasteiger partial charge < -0.3 is 9.72 Å². The van der Waals surface area contributed by atoms with Gasteiger partial charge in [-0.3, -0.25) is 0 Å². The summed E-state index contributed by atoms with van der Waals surface area (Å²) in [5, 5.41) is 1.22. The first-order valence-corrected chi connectivity index (χ1v) is 11.1. The highest BCUT2D eigenvalue weighted by atomic mass is 32.2. The summed E-state index contributed by atoms with van der Waals surface area (Å²) in [4.78, 5) is 3.85. The number of nitrogens with zero attached hydrogens (tertiary/aromatic N) is 1. The number of nitrogens with one attached hydrogen (secondary N) is 1. The van der Waals surface area contributed by atoms with E-state index in [1.54, 1.807) is 29.6 Å². The van der Waals surface area contributed by atoms with Gasteiger partial charge in [0.1, 0.15) is 5.75 Å². The molecule has 0 spiro atoms. The van der Waals surface area contributed by atoms with Crippen LogP contribution in [-0.2, 0) is 10.0 Å². The van der Waals surface area contributed by atoms with E-state index in [9.17, 15) is 8.42 Å². The Morgan fingerprint density at radius 1 is 1.04 bits per heavy atom. The van der Waals surface area contributed by atoms with Crippen molar-refractivity contribution in [2.75, 3.05) is 20.2 Å². The number of sulfonamides is 1. The Labute approximate surface area is 166 Å². The van der Waals surface area contributed by atoms with E-state index in [4.69, 9.17) is 4.74 Å². The van der Waals surface area contributed by atoms with Gasteiger partial charge in [0.2, 0.25) is 10.0 Å². The molecule has 28 heavy (non-hydrogen) atoms. The molecule has 6 heteroatoms. The zero-order valence-electron chi connectivity index (χ0n) is 16.5. The van der Waals surface area contributed by atoms with Crippen molar-refractivity contribution in [1.82, 2.24) is 9.29 Å². The number of methoxy groups -OCH3 is 1. The van der Waals surface area contributed by atoms with Crippen molar-refractivity contribution in [2.24, 2.45) is 0 Å². The molecule has 0 bridgehead atoms. The molecule has 3 aromatic rings. The smallest absolute Gasteiger partial charge is 0.243 e. The lowest BCUT2D eigenvalue weighted by Crippen LogP contribution is -2.38. The van der Waals surface area contributed by atoms with Crippen molar-refractivity contribution in [1.29, 1.82) is 0 Å². The second kappa shape index (κ2) is 7.26. The number of aryl methyl sites for hydroxylation is 2. The molecule has 0 atom stereocenters. The molecular weight excluding hydrogens is 372 g/mol. The minimum atomic E-state index is -3.48. The average molecular weight is 399 g/mol. The highest BCUT2D eigenvalue weighted by molar-refractivity contribution is 7.89. The number of aromatic nitrogens is 1. The van der Waals surface area contributed by atoms with Crippen LogP contribution in [-0.4, -0.2) is 37.9 Å². The van der Waals surface area contributed by atoms with Crippen LogP contribution in [0.5, 0.6) is 5.75 Å². The van der Waals surface area contributed by atoms with E-state index in [0.29, 0.717) is 29.7 Å². The minimum Gasteiger partial charge on any atom is -0.496 e. The van der Waals surface area contributed by atoms with Gasteiger partial charge in [-0.2, -0.15) is 4.31 Å². The zero-order chi connectivity index (χ0) is 19.9. The topological polar surface area (TPSA) is 62.4 Å². The fraction of sp³-hybridized carbons (Fsp3) is 0.364. The van der Waals surface area contributed by atoms with Crippen LogP contribution in [0.4, 0.5) is 0 Å². The molecule has 0 amide bonds. The fourth-order valence-electron chi connectivity index (χ4n) is 4.06. The normalized spacial score (nSPS) is 16.5. The van der Waals surface area contributed by atoms with Gasteiger partial charge in [-0.1, -0.05) is 11.6 Å². The Balaban J connectivity index is 1.50. The molecule has 1 fully saturated rings. The molecule has 5 nitrogen and oxygen atoms in total. The van der Waals surface area contributed by atoms with Gasteiger partial charge in [-0.15, -0.1) is 0 Å². The quantitative estimate of drug-likeness (QED) is 0.710. The first-order chi connectivity index (χ1) is 13.4. The molecule has 2 aromatic carbocycles. The largest absolute Gasteiger partial charge is 0.496 e. The fourth-order valence-corrected chi connectivity index (χ4v) is 5.62. The second-order valence-corrected chi connectivity index (χ2v) is 9.56. The van der Waals surface area contributed by atoms with Gasteiger partial charge in [0.05, 0.1) is 12.0 Å². The van der Waals surface area contributed by atoms with E-state index >= 15 is 0 Å². The van der Waals surface area contributed by atoms with E-state index in [-0.39, 0.29) is 0 Å². The monoisotopic (exact) mass is 398 g/mol. The lowest BCUT2D eigenvalue weighted by molar-refractivity contribution is 0.317. The molecule has 0 saturated carbocycles. The molecule has 1 aliphatic rings. The second-order valence-electron chi connectivity index (χ2n) is 7.63. The molecule has 1 aliphatic heterocycles. The van der Waals surface area contributed by atoms with Crippen molar-refractivity contribution < 1.29 is 13.2 Å². The summed E-state index contributed by atoms with van der Waals surface area (Å²) in [5.74, 6) is 1.06. The third kappa shape index (κ3) is 3.42. The van der Waals surface area contributed by atoms with Crippen LogP contribution in [0.1, 0.15) is 35.6 Å². The summed E-state index contributed by atoms with van der Waals surface area (Å²) in [6.45, 7) is 5.02. The van der Waals surface area contributed by atoms with Crippen molar-refractivity contribution in [3.8, 4) is 5.75 Å². The number of aromatic amines is 1. The number of hydrogen-bond acceptors (Lipinski definition) is 3. The highest BCUT2D eigenvalue weighted by Gasteiger charge is 2.30.